The predicted octanol–water partition coefficient (Wildman–Crippen LogP) is 2.61. The highest BCUT2D eigenvalue weighted by Gasteiger charge is 2.05. The molecule has 20 heavy (non-hydrogen) atoms. The van der Waals surface area contributed by atoms with Gasteiger partial charge in [0.05, 0.1) is 21.4 Å². The van der Waals surface area contributed by atoms with Gasteiger partial charge in [-0.25, -0.2) is 0 Å². The lowest BCUT2D eigenvalue weighted by Crippen LogP contribution is -2.24. The van der Waals surface area contributed by atoms with Crippen LogP contribution < -0.4 is 16.2 Å². The largest absolute Gasteiger partial charge is 0.550 e. The molecule has 0 heterocycles. The minimum Gasteiger partial charge on any atom is -0.550 e. The van der Waals surface area contributed by atoms with E-state index >= 15 is 0 Å². The SMILES string of the molecule is Nc1cc(Cl)c(Cl)cc1Nc1ccc(CC(=O)[O-])cc1. The van der Waals surface area contributed by atoms with Crippen molar-refractivity contribution < 1.29 is 9.90 Å². The van der Waals surface area contributed by atoms with E-state index in [9.17, 15) is 9.90 Å². The first kappa shape index (κ1) is 14.5. The Morgan fingerprint density at radius 3 is 2.35 bits per heavy atom. The fourth-order valence-electron chi connectivity index (χ4n) is 1.70. The quantitative estimate of drug-likeness (QED) is 0.851. The summed E-state index contributed by atoms with van der Waals surface area (Å²) < 4.78 is 0. The van der Waals surface area contributed by atoms with Gasteiger partial charge in [-0.3, -0.25) is 0 Å². The highest BCUT2D eigenvalue weighted by atomic mass is 35.5. The van der Waals surface area contributed by atoms with E-state index in [2.05, 4.69) is 5.32 Å². The molecular weight excluding hydrogens is 299 g/mol. The first-order valence-corrected chi connectivity index (χ1v) is 6.51. The molecule has 0 bridgehead atoms. The molecule has 0 amide bonds. The highest BCUT2D eigenvalue weighted by molar-refractivity contribution is 6.42. The molecule has 0 fully saturated rings. The number of carbonyl (C=O) groups is 1. The van der Waals surface area contributed by atoms with Crippen LogP contribution in [-0.2, 0) is 11.2 Å². The summed E-state index contributed by atoms with van der Waals surface area (Å²) in [7, 11) is 0. The number of carboxylic acid groups (broad SMARTS) is 1. The summed E-state index contributed by atoms with van der Waals surface area (Å²) in [5.41, 5.74) is 8.37. The number of hydrogen-bond acceptors (Lipinski definition) is 4. The standard InChI is InChI=1S/C14H12Cl2N2O2/c15-10-6-12(17)13(7-11(10)16)18-9-3-1-8(2-4-9)5-14(19)20/h1-4,6-7,18H,5,17H2,(H,19,20)/p-1. The molecule has 2 aromatic rings. The second-order valence-corrected chi connectivity index (χ2v) is 5.04. The molecule has 4 nitrogen and oxygen atoms in total. The van der Waals surface area contributed by atoms with Crippen LogP contribution in [0.25, 0.3) is 0 Å². The Morgan fingerprint density at radius 1 is 1.15 bits per heavy atom. The number of carboxylic acids is 1. The predicted molar refractivity (Wildman–Crippen MR) is 79.3 cm³/mol. The zero-order valence-electron chi connectivity index (χ0n) is 10.3. The first-order valence-electron chi connectivity index (χ1n) is 5.76. The van der Waals surface area contributed by atoms with Crippen molar-refractivity contribution in [3.05, 3.63) is 52.0 Å². The van der Waals surface area contributed by atoms with E-state index in [1.807, 2.05) is 0 Å². The van der Waals surface area contributed by atoms with Gasteiger partial charge in [0.15, 0.2) is 0 Å². The average molecular weight is 310 g/mol. The average Bonchev–Trinajstić information content (AvgIpc) is 2.37. The molecule has 0 unspecified atom stereocenters. The number of anilines is 3. The molecule has 0 saturated carbocycles. The van der Waals surface area contributed by atoms with E-state index in [0.717, 1.165) is 5.69 Å². The van der Waals surface area contributed by atoms with Crippen molar-refractivity contribution in [2.24, 2.45) is 0 Å². The maximum Gasteiger partial charge on any atom is 0.0633 e. The summed E-state index contributed by atoms with van der Waals surface area (Å²) in [5, 5.41) is 14.4. The number of carbonyl (C=O) groups excluding carboxylic acids is 1. The Hall–Kier alpha value is -1.91. The monoisotopic (exact) mass is 309 g/mol. The molecule has 0 aliphatic rings. The Morgan fingerprint density at radius 2 is 1.75 bits per heavy atom. The van der Waals surface area contributed by atoms with Gasteiger partial charge in [-0.1, -0.05) is 35.3 Å². The molecular formula is C14H11Cl2N2O2-. The van der Waals surface area contributed by atoms with E-state index in [-0.39, 0.29) is 6.42 Å². The fourth-order valence-corrected chi connectivity index (χ4v) is 2.03. The van der Waals surface area contributed by atoms with Gasteiger partial charge in [-0.05, 0) is 29.8 Å². The lowest BCUT2D eigenvalue weighted by Gasteiger charge is -2.11. The lowest BCUT2D eigenvalue weighted by molar-refractivity contribution is -0.304. The van der Waals surface area contributed by atoms with Crippen LogP contribution in [0.5, 0.6) is 0 Å². The molecule has 0 saturated heterocycles. The van der Waals surface area contributed by atoms with E-state index < -0.39 is 5.97 Å². The molecule has 0 spiro atoms. The number of benzene rings is 2. The number of nitrogen functional groups attached to an aromatic ring is 1. The van der Waals surface area contributed by atoms with E-state index in [0.29, 0.717) is 27.0 Å². The van der Waals surface area contributed by atoms with E-state index in [1.165, 1.54) is 0 Å². The van der Waals surface area contributed by atoms with Crippen molar-refractivity contribution in [3.8, 4) is 0 Å². The van der Waals surface area contributed by atoms with Crippen molar-refractivity contribution >= 4 is 46.2 Å². The van der Waals surface area contributed by atoms with Crippen LogP contribution in [0.2, 0.25) is 10.0 Å². The number of halogens is 2. The van der Waals surface area contributed by atoms with Gasteiger partial charge in [0.1, 0.15) is 0 Å². The third-order valence-electron chi connectivity index (χ3n) is 2.67. The fraction of sp³-hybridized carbons (Fsp3) is 0.0714. The Kier molecular flexibility index (Phi) is 4.37. The van der Waals surface area contributed by atoms with E-state index in [4.69, 9.17) is 28.9 Å². The van der Waals surface area contributed by atoms with Crippen molar-refractivity contribution in [2.75, 3.05) is 11.1 Å². The van der Waals surface area contributed by atoms with Crippen LogP contribution in [0.1, 0.15) is 5.56 Å². The zero-order valence-corrected chi connectivity index (χ0v) is 11.8. The van der Waals surface area contributed by atoms with Crippen LogP contribution in [0.15, 0.2) is 36.4 Å². The summed E-state index contributed by atoms with van der Waals surface area (Å²) >= 11 is 11.8. The molecule has 0 aromatic heterocycles. The maximum absolute atomic E-state index is 10.5. The minimum absolute atomic E-state index is 0.116. The molecule has 2 rings (SSSR count). The Balaban J connectivity index is 2.18. The summed E-state index contributed by atoms with van der Waals surface area (Å²) in [6, 6.07) is 10.1. The van der Waals surface area contributed by atoms with Crippen LogP contribution >= 0.6 is 23.2 Å². The van der Waals surface area contributed by atoms with E-state index in [1.54, 1.807) is 36.4 Å². The minimum atomic E-state index is -1.11. The lowest BCUT2D eigenvalue weighted by atomic mass is 10.1. The van der Waals surface area contributed by atoms with Gasteiger partial charge in [0.2, 0.25) is 0 Å². The van der Waals surface area contributed by atoms with Crippen molar-refractivity contribution in [1.82, 2.24) is 0 Å². The summed E-state index contributed by atoms with van der Waals surface area (Å²) in [5.74, 6) is -1.11. The molecule has 104 valence electrons. The Labute approximate surface area is 126 Å². The van der Waals surface area contributed by atoms with Crippen molar-refractivity contribution in [3.63, 3.8) is 0 Å². The number of nitrogens with two attached hydrogens (primary N) is 1. The molecule has 2 aromatic carbocycles. The van der Waals surface area contributed by atoms with Gasteiger partial charge < -0.3 is 21.0 Å². The summed E-state index contributed by atoms with van der Waals surface area (Å²) in [6.07, 6.45) is -0.116. The third kappa shape index (κ3) is 3.56. The van der Waals surface area contributed by atoms with Gasteiger partial charge in [-0.2, -0.15) is 0 Å². The van der Waals surface area contributed by atoms with Gasteiger partial charge in [0.25, 0.3) is 0 Å². The van der Waals surface area contributed by atoms with Gasteiger partial charge in [0, 0.05) is 18.1 Å². The maximum atomic E-state index is 10.5. The second kappa shape index (κ2) is 6.03. The topological polar surface area (TPSA) is 78.2 Å². The van der Waals surface area contributed by atoms with Crippen LogP contribution in [0.3, 0.4) is 0 Å². The summed E-state index contributed by atoms with van der Waals surface area (Å²) in [4.78, 5) is 10.5. The normalized spacial score (nSPS) is 10.3. The summed E-state index contributed by atoms with van der Waals surface area (Å²) in [6.45, 7) is 0. The third-order valence-corrected chi connectivity index (χ3v) is 3.40. The number of nitrogens with one attached hydrogen (secondary N) is 1. The van der Waals surface area contributed by atoms with Crippen molar-refractivity contribution in [1.29, 1.82) is 0 Å². The molecule has 0 atom stereocenters. The molecule has 6 heteroatoms. The zero-order chi connectivity index (χ0) is 14.7. The number of hydrogen-bond donors (Lipinski definition) is 2. The highest BCUT2D eigenvalue weighted by Crippen LogP contribution is 2.32. The molecule has 3 N–H and O–H groups in total. The van der Waals surface area contributed by atoms with Crippen molar-refractivity contribution in [2.45, 2.75) is 6.42 Å². The van der Waals surface area contributed by atoms with Crippen LogP contribution in [-0.4, -0.2) is 5.97 Å². The molecule has 0 aliphatic carbocycles. The van der Waals surface area contributed by atoms with Gasteiger partial charge in [-0.15, -0.1) is 0 Å². The molecule has 0 aliphatic heterocycles. The Bertz CT molecular complexity index is 642. The van der Waals surface area contributed by atoms with Gasteiger partial charge >= 0.3 is 0 Å². The second-order valence-electron chi connectivity index (χ2n) is 4.22. The smallest absolute Gasteiger partial charge is 0.0633 e. The number of aliphatic carboxylic acids is 1. The number of rotatable bonds is 4. The van der Waals surface area contributed by atoms with Crippen LogP contribution in [0.4, 0.5) is 17.1 Å². The molecule has 0 radical (unpaired) electrons. The van der Waals surface area contributed by atoms with Crippen LogP contribution in [0, 0.1) is 0 Å². The first-order chi connectivity index (χ1) is 9.45.